The number of aryl methyl sites for hydroxylation is 1. The van der Waals surface area contributed by atoms with Gasteiger partial charge in [-0.15, -0.1) is 0 Å². The molecule has 3 aromatic carbocycles. The summed E-state index contributed by atoms with van der Waals surface area (Å²) in [4.78, 5) is 5.11. The fraction of sp³-hybridized carbons (Fsp3) is 0.107. The van der Waals surface area contributed by atoms with Crippen LogP contribution in [0.25, 0.3) is 45.8 Å². The van der Waals surface area contributed by atoms with Gasteiger partial charge in [-0.2, -0.15) is 0 Å². The van der Waals surface area contributed by atoms with Crippen molar-refractivity contribution < 1.29 is 0 Å². The molecule has 0 N–H and O–H groups in total. The zero-order valence-electron chi connectivity index (χ0n) is 16.6. The molecule has 1 heteroatoms. The van der Waals surface area contributed by atoms with Gasteiger partial charge < -0.3 is 0 Å². The summed E-state index contributed by atoms with van der Waals surface area (Å²) in [5, 5.41) is 2.56. The van der Waals surface area contributed by atoms with E-state index >= 15 is 0 Å². The maximum atomic E-state index is 5.11. The molecule has 140 valence electrons. The third kappa shape index (κ3) is 3.52. The summed E-state index contributed by atoms with van der Waals surface area (Å²) in [7, 11) is 0. The van der Waals surface area contributed by atoms with Crippen LogP contribution >= 0.6 is 0 Å². The molecule has 1 aliphatic rings. The van der Waals surface area contributed by atoms with Crippen LogP contribution in [-0.2, 0) is 0 Å². The molecule has 1 aliphatic carbocycles. The second-order valence-corrected chi connectivity index (χ2v) is 7.65. The van der Waals surface area contributed by atoms with E-state index in [0.717, 1.165) is 24.2 Å². The second kappa shape index (κ2) is 7.52. The molecular formula is C28H23N. The maximum Gasteiger partial charge on any atom is 0.0784 e. The van der Waals surface area contributed by atoms with E-state index in [2.05, 4.69) is 104 Å². The highest BCUT2D eigenvalue weighted by Gasteiger charge is 2.10. The molecule has 1 heterocycles. The fourth-order valence-corrected chi connectivity index (χ4v) is 3.97. The van der Waals surface area contributed by atoms with Crippen LogP contribution in [-0.4, -0.2) is 4.98 Å². The third-order valence-electron chi connectivity index (χ3n) is 5.58. The Kier molecular flexibility index (Phi) is 4.57. The maximum absolute atomic E-state index is 5.11. The average molecular weight is 373 g/mol. The van der Waals surface area contributed by atoms with Gasteiger partial charge in [0, 0.05) is 16.3 Å². The lowest BCUT2D eigenvalue weighted by molar-refractivity contribution is 1.11. The first kappa shape index (κ1) is 17.6. The monoisotopic (exact) mass is 373 g/mol. The van der Waals surface area contributed by atoms with E-state index in [4.69, 9.17) is 4.98 Å². The first-order valence-corrected chi connectivity index (χ1v) is 10.2. The molecule has 0 fully saturated rings. The van der Waals surface area contributed by atoms with E-state index in [1.165, 1.54) is 38.3 Å². The standard InChI is InChI=1S/C28H23N/c1-20-11-13-23(14-12-20)27-19-25-9-5-6-10-26(25)28(29-27)24-17-15-22(16-18-24)21-7-3-2-4-8-21/h2-4,7-19H,5-6H2,1H3. The Labute approximate surface area is 171 Å². The SMILES string of the molecule is Cc1ccc(-c2cc3c(c(-c4ccc(-c5ccccc5)cc4)n2)=CCCC=3)cc1. The highest BCUT2D eigenvalue weighted by atomic mass is 14.7. The third-order valence-corrected chi connectivity index (χ3v) is 5.58. The van der Waals surface area contributed by atoms with Crippen LogP contribution in [0, 0.1) is 6.92 Å². The van der Waals surface area contributed by atoms with Gasteiger partial charge in [-0.1, -0.05) is 96.6 Å². The van der Waals surface area contributed by atoms with Crippen LogP contribution in [0.2, 0.25) is 0 Å². The van der Waals surface area contributed by atoms with E-state index < -0.39 is 0 Å². The molecule has 1 nitrogen and oxygen atoms in total. The van der Waals surface area contributed by atoms with E-state index in [0.29, 0.717) is 0 Å². The second-order valence-electron chi connectivity index (χ2n) is 7.65. The predicted molar refractivity (Wildman–Crippen MR) is 123 cm³/mol. The van der Waals surface area contributed by atoms with Gasteiger partial charge in [0.1, 0.15) is 0 Å². The average Bonchev–Trinajstić information content (AvgIpc) is 2.79. The number of aromatic nitrogens is 1. The zero-order chi connectivity index (χ0) is 19.6. The number of benzene rings is 3. The van der Waals surface area contributed by atoms with Crippen LogP contribution in [0.4, 0.5) is 0 Å². The fourth-order valence-electron chi connectivity index (χ4n) is 3.97. The summed E-state index contributed by atoms with van der Waals surface area (Å²) in [6.45, 7) is 2.12. The first-order valence-electron chi connectivity index (χ1n) is 10.2. The molecule has 0 spiro atoms. The topological polar surface area (TPSA) is 12.9 Å². The summed E-state index contributed by atoms with van der Waals surface area (Å²) < 4.78 is 0. The van der Waals surface area contributed by atoms with Crippen molar-refractivity contribution in [3.63, 3.8) is 0 Å². The highest BCUT2D eigenvalue weighted by Crippen LogP contribution is 2.24. The molecule has 29 heavy (non-hydrogen) atoms. The van der Waals surface area contributed by atoms with Crippen LogP contribution in [0.15, 0.2) is 84.9 Å². The summed E-state index contributed by atoms with van der Waals surface area (Å²) in [5.74, 6) is 0. The van der Waals surface area contributed by atoms with Crippen molar-refractivity contribution in [2.24, 2.45) is 0 Å². The van der Waals surface area contributed by atoms with Crippen molar-refractivity contribution in [3.05, 3.63) is 101 Å². The van der Waals surface area contributed by atoms with Gasteiger partial charge in [-0.05, 0) is 42.2 Å². The van der Waals surface area contributed by atoms with Crippen molar-refractivity contribution in [1.82, 2.24) is 4.98 Å². The zero-order valence-corrected chi connectivity index (χ0v) is 16.6. The molecule has 4 aromatic rings. The van der Waals surface area contributed by atoms with Gasteiger partial charge in [-0.25, -0.2) is 4.98 Å². The quantitative estimate of drug-likeness (QED) is 0.446. The Balaban J connectivity index is 1.64. The van der Waals surface area contributed by atoms with Crippen LogP contribution in [0.5, 0.6) is 0 Å². The van der Waals surface area contributed by atoms with Gasteiger partial charge >= 0.3 is 0 Å². The van der Waals surface area contributed by atoms with Crippen molar-refractivity contribution in [2.45, 2.75) is 19.8 Å². The van der Waals surface area contributed by atoms with E-state index in [-0.39, 0.29) is 0 Å². The minimum Gasteiger partial charge on any atom is -0.247 e. The Morgan fingerprint density at radius 1 is 0.621 bits per heavy atom. The van der Waals surface area contributed by atoms with Gasteiger partial charge in [0.25, 0.3) is 0 Å². The van der Waals surface area contributed by atoms with Crippen LogP contribution in [0.3, 0.4) is 0 Å². The van der Waals surface area contributed by atoms with Gasteiger partial charge in [-0.3, -0.25) is 0 Å². The molecular weight excluding hydrogens is 350 g/mol. The molecule has 0 bridgehead atoms. The van der Waals surface area contributed by atoms with E-state index in [1.807, 2.05) is 0 Å². The van der Waals surface area contributed by atoms with Crippen molar-refractivity contribution in [1.29, 1.82) is 0 Å². The number of fused-ring (bicyclic) bond motifs is 1. The molecule has 0 saturated carbocycles. The minimum atomic E-state index is 1.04. The highest BCUT2D eigenvalue weighted by molar-refractivity contribution is 5.72. The number of hydrogen-bond acceptors (Lipinski definition) is 1. The Morgan fingerprint density at radius 2 is 1.24 bits per heavy atom. The van der Waals surface area contributed by atoms with Gasteiger partial charge in [0.15, 0.2) is 0 Å². The molecule has 5 rings (SSSR count). The van der Waals surface area contributed by atoms with E-state index in [1.54, 1.807) is 0 Å². The molecule has 0 aliphatic heterocycles. The largest absolute Gasteiger partial charge is 0.247 e. The first-order chi connectivity index (χ1) is 14.3. The summed E-state index contributed by atoms with van der Waals surface area (Å²) in [6.07, 6.45) is 6.85. The number of hydrogen-bond donors (Lipinski definition) is 0. The normalized spacial score (nSPS) is 12.6. The van der Waals surface area contributed by atoms with Crippen molar-refractivity contribution in [2.75, 3.05) is 0 Å². The van der Waals surface area contributed by atoms with Crippen molar-refractivity contribution >= 4 is 12.2 Å². The van der Waals surface area contributed by atoms with Crippen molar-refractivity contribution in [3.8, 4) is 33.6 Å². The van der Waals surface area contributed by atoms with E-state index in [9.17, 15) is 0 Å². The minimum absolute atomic E-state index is 1.04. The summed E-state index contributed by atoms with van der Waals surface area (Å²) >= 11 is 0. The number of pyridine rings is 1. The molecule has 0 unspecified atom stereocenters. The van der Waals surface area contributed by atoms with Gasteiger partial charge in [0.05, 0.1) is 11.4 Å². The number of rotatable bonds is 3. The lowest BCUT2D eigenvalue weighted by Gasteiger charge is -2.11. The Morgan fingerprint density at radius 3 is 2.00 bits per heavy atom. The Bertz CT molecular complexity index is 1270. The molecule has 0 amide bonds. The van der Waals surface area contributed by atoms with Crippen LogP contribution < -0.4 is 10.4 Å². The van der Waals surface area contributed by atoms with Gasteiger partial charge in [0.2, 0.25) is 0 Å². The molecule has 1 aromatic heterocycles. The smallest absolute Gasteiger partial charge is 0.0784 e. The lowest BCUT2D eigenvalue weighted by Crippen LogP contribution is -2.30. The lowest BCUT2D eigenvalue weighted by atomic mass is 9.98. The molecule has 0 saturated heterocycles. The predicted octanol–water partition coefficient (Wildman–Crippen LogP) is 5.75. The van der Waals surface area contributed by atoms with Crippen LogP contribution in [0.1, 0.15) is 18.4 Å². The molecule has 0 atom stereocenters. The Hall–Kier alpha value is -3.45. The summed E-state index contributed by atoms with van der Waals surface area (Å²) in [5.41, 5.74) is 8.19. The summed E-state index contributed by atoms with van der Waals surface area (Å²) in [6, 6.07) is 30.2. The number of nitrogens with zero attached hydrogens (tertiary/aromatic N) is 1. The molecule has 0 radical (unpaired) electrons.